The second-order valence-electron chi connectivity index (χ2n) is 14.9. The van der Waals surface area contributed by atoms with E-state index in [2.05, 4.69) is 134 Å². The Bertz CT molecular complexity index is 2220. The van der Waals surface area contributed by atoms with Crippen LogP contribution in [0.5, 0.6) is 0 Å². The van der Waals surface area contributed by atoms with Crippen molar-refractivity contribution in [3.05, 3.63) is 77.0 Å². The monoisotopic (exact) mass is 568 g/mol. The van der Waals surface area contributed by atoms with Crippen molar-refractivity contribution in [1.82, 2.24) is 19.4 Å². The molecule has 0 spiro atoms. The van der Waals surface area contributed by atoms with Crippen molar-refractivity contribution in [3.63, 3.8) is 0 Å². The molecule has 7 aromatic rings. The van der Waals surface area contributed by atoms with Gasteiger partial charge in [0.1, 0.15) is 18.7 Å². The van der Waals surface area contributed by atoms with Crippen molar-refractivity contribution in [2.75, 3.05) is 0 Å². The highest BCUT2D eigenvalue weighted by Crippen LogP contribution is 2.43. The molecule has 0 aliphatic rings. The molecule has 0 atom stereocenters. The van der Waals surface area contributed by atoms with Crippen LogP contribution in [0.1, 0.15) is 89.6 Å². The average Bonchev–Trinajstić information content (AvgIpc) is 3.26. The normalized spacial score (nSPS) is 13.2. The first-order chi connectivity index (χ1) is 20.1. The second kappa shape index (κ2) is 8.95. The molecule has 218 valence electrons. The molecule has 0 saturated heterocycles. The van der Waals surface area contributed by atoms with Gasteiger partial charge < -0.3 is 4.40 Å². The van der Waals surface area contributed by atoms with Crippen LogP contribution < -0.4 is 4.57 Å². The van der Waals surface area contributed by atoms with Gasteiger partial charge in [0.15, 0.2) is 12.0 Å². The summed E-state index contributed by atoms with van der Waals surface area (Å²) in [6, 6.07) is 16.2. The van der Waals surface area contributed by atoms with Gasteiger partial charge in [-0.2, -0.15) is 0 Å². The fourth-order valence-electron chi connectivity index (χ4n) is 6.58. The number of hydrogen-bond donors (Lipinski definition) is 0. The fraction of sp³-hybridized carbons (Fsp3) is 0.368. The van der Waals surface area contributed by atoms with Crippen LogP contribution >= 0.6 is 0 Å². The topological polar surface area (TPSA) is 47.0 Å². The first kappa shape index (κ1) is 27.7. The molecule has 0 unspecified atom stereocenters. The Kier molecular flexibility index (Phi) is 5.76. The van der Waals surface area contributed by atoms with E-state index in [1.54, 1.807) is 0 Å². The zero-order chi connectivity index (χ0) is 30.7. The highest BCUT2D eigenvalue weighted by Gasteiger charge is 2.28. The highest BCUT2D eigenvalue weighted by atomic mass is 15.1. The molecule has 5 nitrogen and oxygen atoms in total. The fourth-order valence-corrected chi connectivity index (χ4v) is 6.58. The van der Waals surface area contributed by atoms with Gasteiger partial charge in [-0.1, -0.05) is 67.5 Å². The Morgan fingerprint density at radius 1 is 0.744 bits per heavy atom. The third-order valence-electron chi connectivity index (χ3n) is 9.19. The predicted molar refractivity (Wildman–Crippen MR) is 180 cm³/mol. The van der Waals surface area contributed by atoms with Gasteiger partial charge in [0, 0.05) is 33.2 Å². The van der Waals surface area contributed by atoms with E-state index in [0.717, 1.165) is 23.0 Å². The minimum absolute atomic E-state index is 0.200. The van der Waals surface area contributed by atoms with Gasteiger partial charge in [0.05, 0.1) is 27.3 Å². The molecule has 7 rings (SSSR count). The molecule has 43 heavy (non-hydrogen) atoms. The van der Waals surface area contributed by atoms with Crippen molar-refractivity contribution < 1.29 is 4.57 Å². The molecule has 0 N–H and O–H groups in total. The molecule has 0 fully saturated rings. The lowest BCUT2D eigenvalue weighted by Crippen LogP contribution is -2.29. The summed E-state index contributed by atoms with van der Waals surface area (Å²) >= 11 is 0. The van der Waals surface area contributed by atoms with Gasteiger partial charge in [-0.15, -0.1) is 0 Å². The molecule has 0 aliphatic carbocycles. The zero-order valence-electron chi connectivity index (χ0n) is 27.4. The molecule has 0 bridgehead atoms. The summed E-state index contributed by atoms with van der Waals surface area (Å²) in [6.07, 6.45) is 2.20. The third-order valence-corrected chi connectivity index (χ3v) is 9.19. The van der Waals surface area contributed by atoms with E-state index in [1.807, 2.05) is 0 Å². The van der Waals surface area contributed by atoms with Crippen LogP contribution in [0.4, 0.5) is 0 Å². The van der Waals surface area contributed by atoms with Crippen molar-refractivity contribution in [2.45, 2.75) is 86.0 Å². The Hall–Kier alpha value is -4.12. The maximum Gasteiger partial charge on any atom is 0.224 e. The van der Waals surface area contributed by atoms with Crippen LogP contribution in [-0.4, -0.2) is 19.4 Å². The Labute approximate surface area is 254 Å². The number of rotatable bonds is 2. The largest absolute Gasteiger partial charge is 0.307 e. The lowest BCUT2D eigenvalue weighted by Gasteiger charge is -2.23. The summed E-state index contributed by atoms with van der Waals surface area (Å²) in [6.45, 7) is 22.1. The van der Waals surface area contributed by atoms with E-state index in [4.69, 9.17) is 15.0 Å². The maximum absolute atomic E-state index is 5.10. The molecule has 0 saturated carbocycles. The van der Waals surface area contributed by atoms with Crippen LogP contribution in [0.25, 0.3) is 60.4 Å². The maximum atomic E-state index is 5.10. The third kappa shape index (κ3) is 4.04. The highest BCUT2D eigenvalue weighted by molar-refractivity contribution is 6.26. The van der Waals surface area contributed by atoms with Crippen LogP contribution in [0.2, 0.25) is 0 Å². The number of fused-ring (bicyclic) bond motifs is 5. The predicted octanol–water partition coefficient (Wildman–Crippen LogP) is 9.00. The number of benzene rings is 3. The number of aromatic nitrogens is 5. The molecule has 4 aromatic heterocycles. The van der Waals surface area contributed by atoms with Crippen molar-refractivity contribution in [3.8, 4) is 11.4 Å². The van der Waals surface area contributed by atoms with E-state index >= 15 is 0 Å². The Morgan fingerprint density at radius 2 is 1.42 bits per heavy atom. The standard InChI is InChI=1S/C38H42N5/c1-20(2)23-12-13-26-27-16-21(3)22(4)30-32(27)43(28(26)18-23)29-19-25(17-24-14-15-42(11)33(30)31(24)29)34-39-35(37(5,6)7)41-36(40-34)38(8,9)10/h12-20H,1-11H3/q+1. The molecule has 0 amide bonds. The zero-order valence-corrected chi connectivity index (χ0v) is 27.4. The molecular weight excluding hydrogens is 526 g/mol. The van der Waals surface area contributed by atoms with E-state index < -0.39 is 0 Å². The van der Waals surface area contributed by atoms with Crippen molar-refractivity contribution in [2.24, 2.45) is 7.05 Å². The lowest BCUT2D eigenvalue weighted by atomic mass is 9.92. The summed E-state index contributed by atoms with van der Waals surface area (Å²) in [5.74, 6) is 2.82. The Balaban J connectivity index is 1.72. The van der Waals surface area contributed by atoms with Gasteiger partial charge in [-0.25, -0.2) is 19.5 Å². The number of aryl methyl sites for hydroxylation is 3. The summed E-state index contributed by atoms with van der Waals surface area (Å²) in [4.78, 5) is 15.1. The van der Waals surface area contributed by atoms with Gasteiger partial charge in [0.25, 0.3) is 0 Å². The number of nitrogens with zero attached hydrogens (tertiary/aromatic N) is 5. The van der Waals surface area contributed by atoms with E-state index in [-0.39, 0.29) is 10.8 Å². The summed E-state index contributed by atoms with van der Waals surface area (Å²) in [5, 5.41) is 6.39. The van der Waals surface area contributed by atoms with Gasteiger partial charge in [-0.05, 0) is 66.1 Å². The minimum atomic E-state index is -0.200. The van der Waals surface area contributed by atoms with Gasteiger partial charge >= 0.3 is 0 Å². The van der Waals surface area contributed by atoms with E-state index in [0.29, 0.717) is 5.92 Å². The number of pyridine rings is 2. The lowest BCUT2D eigenvalue weighted by molar-refractivity contribution is -0.643. The van der Waals surface area contributed by atoms with Crippen molar-refractivity contribution >= 4 is 49.0 Å². The van der Waals surface area contributed by atoms with Crippen LogP contribution in [0.15, 0.2) is 48.7 Å². The van der Waals surface area contributed by atoms with E-state index in [9.17, 15) is 0 Å². The average molecular weight is 569 g/mol. The first-order valence-electron chi connectivity index (χ1n) is 15.5. The molecule has 5 heteroatoms. The molecule has 4 heterocycles. The second-order valence-corrected chi connectivity index (χ2v) is 14.9. The first-order valence-corrected chi connectivity index (χ1v) is 15.5. The summed E-state index contributed by atoms with van der Waals surface area (Å²) < 4.78 is 4.82. The minimum Gasteiger partial charge on any atom is -0.307 e. The van der Waals surface area contributed by atoms with Gasteiger partial charge in [0.2, 0.25) is 5.52 Å². The van der Waals surface area contributed by atoms with Gasteiger partial charge in [-0.3, -0.25) is 0 Å². The van der Waals surface area contributed by atoms with Crippen LogP contribution in [0.3, 0.4) is 0 Å². The Morgan fingerprint density at radius 3 is 2.05 bits per heavy atom. The molecular formula is C38H42N5+. The smallest absolute Gasteiger partial charge is 0.224 e. The van der Waals surface area contributed by atoms with Crippen LogP contribution in [-0.2, 0) is 17.9 Å². The van der Waals surface area contributed by atoms with Crippen molar-refractivity contribution in [1.29, 1.82) is 0 Å². The number of hydrogen-bond acceptors (Lipinski definition) is 3. The molecule has 0 aliphatic heterocycles. The molecule has 3 aromatic carbocycles. The summed E-state index contributed by atoms with van der Waals surface area (Å²) in [5.41, 5.74) is 9.61. The SMILES string of the molecule is Cc1cc2c3ccc(C(C)C)cc3n3c4cc(-c5nc(C(C)(C)C)nc(C(C)(C)C)n5)cc5cc[n+](C)c(c(c1C)c23)c54. The van der Waals surface area contributed by atoms with Crippen LogP contribution in [0, 0.1) is 13.8 Å². The van der Waals surface area contributed by atoms with E-state index in [1.165, 1.54) is 65.7 Å². The quantitative estimate of drug-likeness (QED) is 0.119. The summed E-state index contributed by atoms with van der Waals surface area (Å²) in [7, 11) is 2.17. The molecule has 0 radical (unpaired) electrons.